The summed E-state index contributed by atoms with van der Waals surface area (Å²) >= 11 is 1.49. The summed E-state index contributed by atoms with van der Waals surface area (Å²) < 4.78 is 0. The number of aromatic nitrogens is 5. The lowest BCUT2D eigenvalue weighted by atomic mass is 10.0. The lowest BCUT2D eigenvalue weighted by Gasteiger charge is -2.11. The third kappa shape index (κ3) is 4.48. The second-order valence-electron chi connectivity index (χ2n) is 9.98. The number of nitrogens with zero attached hydrogens (tertiary/aromatic N) is 3. The number of thiophene rings is 1. The molecule has 0 saturated heterocycles. The van der Waals surface area contributed by atoms with Crippen molar-refractivity contribution in [3.8, 4) is 21.8 Å². The molecule has 8 heteroatoms. The minimum atomic E-state index is 0.0688. The molecule has 190 valence electrons. The predicted octanol–water partition coefficient (Wildman–Crippen LogP) is 6.90. The van der Waals surface area contributed by atoms with Crippen LogP contribution in [0.4, 0.5) is 0 Å². The summed E-state index contributed by atoms with van der Waals surface area (Å²) in [6.07, 6.45) is 14.3. The van der Waals surface area contributed by atoms with Gasteiger partial charge < -0.3 is 10.3 Å². The molecule has 3 N–H and O–H groups in total. The van der Waals surface area contributed by atoms with E-state index in [0.717, 1.165) is 59.8 Å². The molecule has 0 unspecified atom stereocenters. The van der Waals surface area contributed by atoms with E-state index >= 15 is 0 Å². The van der Waals surface area contributed by atoms with Gasteiger partial charge in [-0.1, -0.05) is 19.1 Å². The highest BCUT2D eigenvalue weighted by Crippen LogP contribution is 2.36. The van der Waals surface area contributed by atoms with Crippen molar-refractivity contribution in [3.63, 3.8) is 0 Å². The number of allylic oxidation sites excluding steroid dienone is 5. The fourth-order valence-electron chi connectivity index (χ4n) is 4.78. The van der Waals surface area contributed by atoms with E-state index in [0.29, 0.717) is 17.6 Å². The lowest BCUT2D eigenvalue weighted by molar-refractivity contribution is 0.102. The first-order chi connectivity index (χ1) is 18.4. The molecule has 0 radical (unpaired) electrons. The molecule has 0 aromatic carbocycles. The van der Waals surface area contributed by atoms with Crippen LogP contribution in [0.15, 0.2) is 72.9 Å². The molecule has 6 rings (SSSR count). The van der Waals surface area contributed by atoms with E-state index in [1.54, 1.807) is 6.92 Å². The first kappa shape index (κ1) is 24.1. The Kier molecular flexibility index (Phi) is 6.04. The smallest absolute Gasteiger partial charge is 0.181 e. The molecular weight excluding hydrogens is 492 g/mol. The quantitative estimate of drug-likeness (QED) is 0.211. The van der Waals surface area contributed by atoms with Gasteiger partial charge in [0.05, 0.1) is 28.0 Å². The molecule has 0 fully saturated rings. The highest BCUT2D eigenvalue weighted by molar-refractivity contribution is 7.17. The van der Waals surface area contributed by atoms with Crippen LogP contribution in [0.1, 0.15) is 42.9 Å². The maximum atomic E-state index is 11.8. The van der Waals surface area contributed by atoms with Crippen LogP contribution in [0.25, 0.3) is 49.3 Å². The number of carbonyl (C=O) groups is 1. The Morgan fingerprint density at radius 3 is 2.79 bits per heavy atom. The second-order valence-corrected chi connectivity index (χ2v) is 11.1. The zero-order chi connectivity index (χ0) is 26.4. The molecule has 0 aliphatic heterocycles. The summed E-state index contributed by atoms with van der Waals surface area (Å²) in [5, 5.41) is 13.2. The fourth-order valence-corrected chi connectivity index (χ4v) is 5.70. The number of Topliss-reactive ketones (excluding diaryl/α,β-unsaturated/α-hetero) is 1. The molecule has 1 atom stereocenters. The largest absolute Gasteiger partial charge is 0.383 e. The van der Waals surface area contributed by atoms with Gasteiger partial charge in [0.2, 0.25) is 0 Å². The monoisotopic (exact) mass is 520 g/mol. The van der Waals surface area contributed by atoms with Crippen molar-refractivity contribution < 1.29 is 4.79 Å². The molecule has 0 saturated carbocycles. The third-order valence-electron chi connectivity index (χ3n) is 6.56. The van der Waals surface area contributed by atoms with Crippen molar-refractivity contribution in [2.24, 2.45) is 5.92 Å². The molecule has 1 aliphatic rings. The normalized spacial score (nSPS) is 15.7. The summed E-state index contributed by atoms with van der Waals surface area (Å²) in [7, 11) is 0. The SMILES string of the molecule is CC(=O)c1ccc(-c2cncc3[nH]c(-c4[nH]nc5ncc(C6=C[C@@H](C)C=CC(NC(C)C)=C6)cc45)cc23)s1. The van der Waals surface area contributed by atoms with Crippen molar-refractivity contribution in [3.05, 3.63) is 83.3 Å². The van der Waals surface area contributed by atoms with E-state index in [2.05, 4.69) is 87.7 Å². The standard InChI is InChI=1S/C30H28N6OS/c1-16(2)33-21-6-5-17(3)9-19(10-21)20-11-23-29(35-36-30(23)32-13-20)25-12-22-24(14-31-15-26(22)34-25)28-8-7-27(38-28)18(4)37/h5-17,33-34H,1-4H3,(H,32,35,36)/t17-/m0/s1. The van der Waals surface area contributed by atoms with E-state index in [-0.39, 0.29) is 5.78 Å². The van der Waals surface area contributed by atoms with E-state index in [1.807, 2.05) is 30.7 Å². The highest BCUT2D eigenvalue weighted by Gasteiger charge is 2.17. The number of fused-ring (bicyclic) bond motifs is 2. The van der Waals surface area contributed by atoms with Crippen molar-refractivity contribution in [2.75, 3.05) is 0 Å². The Labute approximate surface area is 224 Å². The number of nitrogens with one attached hydrogen (secondary N) is 3. The van der Waals surface area contributed by atoms with Crippen LogP contribution >= 0.6 is 11.3 Å². The Bertz CT molecular complexity index is 1780. The summed E-state index contributed by atoms with van der Waals surface area (Å²) in [6, 6.07) is 8.46. The van der Waals surface area contributed by atoms with Gasteiger partial charge in [-0.15, -0.1) is 11.3 Å². The molecule has 0 amide bonds. The molecule has 5 aromatic rings. The zero-order valence-electron chi connectivity index (χ0n) is 21.7. The number of ketones is 1. The molecule has 38 heavy (non-hydrogen) atoms. The van der Waals surface area contributed by atoms with Crippen LogP contribution in [-0.4, -0.2) is 37.0 Å². The van der Waals surface area contributed by atoms with Crippen LogP contribution < -0.4 is 5.32 Å². The number of hydrogen-bond acceptors (Lipinski definition) is 6. The van der Waals surface area contributed by atoms with Gasteiger partial charge in [-0.25, -0.2) is 4.98 Å². The van der Waals surface area contributed by atoms with Crippen molar-refractivity contribution >= 4 is 44.6 Å². The topological polar surface area (TPSA) is 99.4 Å². The van der Waals surface area contributed by atoms with Crippen molar-refractivity contribution in [1.82, 2.24) is 30.5 Å². The molecular formula is C30H28N6OS. The summed E-state index contributed by atoms with van der Waals surface area (Å²) in [5.41, 5.74) is 7.59. The first-order valence-corrected chi connectivity index (χ1v) is 13.5. The Morgan fingerprint density at radius 2 is 2.00 bits per heavy atom. The third-order valence-corrected chi connectivity index (χ3v) is 7.78. The average molecular weight is 521 g/mol. The first-order valence-electron chi connectivity index (χ1n) is 12.7. The van der Waals surface area contributed by atoms with Gasteiger partial charge in [0.25, 0.3) is 0 Å². The predicted molar refractivity (Wildman–Crippen MR) is 155 cm³/mol. The van der Waals surface area contributed by atoms with Gasteiger partial charge in [-0.2, -0.15) is 5.10 Å². The molecule has 0 spiro atoms. The van der Waals surface area contributed by atoms with Gasteiger partial charge in [0, 0.05) is 50.9 Å². The van der Waals surface area contributed by atoms with Crippen LogP contribution in [0.2, 0.25) is 0 Å². The summed E-state index contributed by atoms with van der Waals surface area (Å²) in [4.78, 5) is 26.2. The maximum absolute atomic E-state index is 11.8. The van der Waals surface area contributed by atoms with Gasteiger partial charge in [-0.05, 0) is 68.7 Å². The van der Waals surface area contributed by atoms with Gasteiger partial charge in [0.1, 0.15) is 0 Å². The zero-order valence-corrected chi connectivity index (χ0v) is 22.5. The molecule has 1 aliphatic carbocycles. The fraction of sp³-hybridized carbons (Fsp3) is 0.200. The Morgan fingerprint density at radius 1 is 1.13 bits per heavy atom. The number of aromatic amines is 2. The number of H-pyrrole nitrogens is 2. The van der Waals surface area contributed by atoms with Crippen molar-refractivity contribution in [2.45, 2.75) is 33.7 Å². The van der Waals surface area contributed by atoms with E-state index < -0.39 is 0 Å². The maximum Gasteiger partial charge on any atom is 0.181 e. The lowest BCUT2D eigenvalue weighted by Crippen LogP contribution is -2.20. The minimum Gasteiger partial charge on any atom is -0.383 e. The van der Waals surface area contributed by atoms with Gasteiger partial charge in [-0.3, -0.25) is 14.9 Å². The van der Waals surface area contributed by atoms with E-state index in [9.17, 15) is 4.79 Å². The summed E-state index contributed by atoms with van der Waals surface area (Å²) in [6.45, 7) is 8.05. The second kappa shape index (κ2) is 9.54. The number of pyridine rings is 2. The van der Waals surface area contributed by atoms with Crippen LogP contribution in [0, 0.1) is 5.92 Å². The highest BCUT2D eigenvalue weighted by atomic mass is 32.1. The van der Waals surface area contributed by atoms with E-state index in [4.69, 9.17) is 0 Å². The Hall–Kier alpha value is -4.30. The Balaban J connectivity index is 1.43. The van der Waals surface area contributed by atoms with Crippen molar-refractivity contribution in [1.29, 1.82) is 0 Å². The van der Waals surface area contributed by atoms with Gasteiger partial charge >= 0.3 is 0 Å². The van der Waals surface area contributed by atoms with Crippen LogP contribution in [-0.2, 0) is 0 Å². The number of rotatable bonds is 6. The minimum absolute atomic E-state index is 0.0688. The van der Waals surface area contributed by atoms with Crippen LogP contribution in [0.5, 0.6) is 0 Å². The molecule has 5 aromatic heterocycles. The average Bonchev–Trinajstić information content (AvgIpc) is 3.61. The molecule has 0 bridgehead atoms. The molecule has 5 heterocycles. The van der Waals surface area contributed by atoms with Crippen LogP contribution in [0.3, 0.4) is 0 Å². The number of hydrogen-bond donors (Lipinski definition) is 3. The summed E-state index contributed by atoms with van der Waals surface area (Å²) in [5.74, 6) is 0.368. The van der Waals surface area contributed by atoms with E-state index in [1.165, 1.54) is 11.3 Å². The van der Waals surface area contributed by atoms with Gasteiger partial charge in [0.15, 0.2) is 11.4 Å². The number of carbonyl (C=O) groups excluding carboxylic acids is 1. The molecule has 7 nitrogen and oxygen atoms in total.